The van der Waals surface area contributed by atoms with E-state index in [4.69, 9.17) is 9.15 Å². The highest BCUT2D eigenvalue weighted by Crippen LogP contribution is 2.31. The summed E-state index contributed by atoms with van der Waals surface area (Å²) in [6.45, 7) is 4.28. The van der Waals surface area contributed by atoms with E-state index in [1.807, 2.05) is 48.5 Å². The van der Waals surface area contributed by atoms with Crippen LogP contribution in [0.25, 0.3) is 11.5 Å². The Labute approximate surface area is 176 Å². The van der Waals surface area contributed by atoms with Crippen LogP contribution in [0, 0.1) is 6.92 Å². The molecule has 1 atom stereocenters. The summed E-state index contributed by atoms with van der Waals surface area (Å²) in [6, 6.07) is 17.7. The smallest absolute Gasteiger partial charge is 0.273 e. The minimum absolute atomic E-state index is 0.0494. The molecule has 0 unspecified atom stereocenters. The lowest BCUT2D eigenvalue weighted by Crippen LogP contribution is -2.37. The molecule has 1 aromatic heterocycles. The van der Waals surface area contributed by atoms with Crippen molar-refractivity contribution in [1.82, 2.24) is 15.2 Å². The summed E-state index contributed by atoms with van der Waals surface area (Å²) >= 11 is 0. The van der Waals surface area contributed by atoms with Crippen LogP contribution < -0.4 is 10.1 Å². The van der Waals surface area contributed by atoms with Crippen LogP contribution in [0.2, 0.25) is 0 Å². The standard InChI is InChI=1S/C24H27N3O3/c1-17-22(26-24(30-17)18-10-4-3-5-11-18)23(28)25-16-20(27-14-8-9-15-27)19-12-6-7-13-21(19)29-2/h3-7,10-13,20H,8-9,14-16H2,1-2H3,(H,25,28)/t20-/m1/s1. The Kier molecular flexibility index (Phi) is 6.14. The highest BCUT2D eigenvalue weighted by atomic mass is 16.5. The Morgan fingerprint density at radius 2 is 1.83 bits per heavy atom. The highest BCUT2D eigenvalue weighted by molar-refractivity contribution is 5.93. The van der Waals surface area contributed by atoms with E-state index in [-0.39, 0.29) is 11.9 Å². The van der Waals surface area contributed by atoms with E-state index in [9.17, 15) is 4.79 Å². The zero-order valence-corrected chi connectivity index (χ0v) is 17.4. The SMILES string of the molecule is COc1ccccc1[C@@H](CNC(=O)c1nc(-c2ccccc2)oc1C)N1CCCC1. The lowest BCUT2D eigenvalue weighted by molar-refractivity contribution is 0.0931. The van der Waals surface area contributed by atoms with Crippen LogP contribution in [-0.4, -0.2) is 42.5 Å². The van der Waals surface area contributed by atoms with Gasteiger partial charge in [0.1, 0.15) is 11.5 Å². The Balaban J connectivity index is 1.52. The van der Waals surface area contributed by atoms with E-state index in [1.54, 1.807) is 14.0 Å². The lowest BCUT2D eigenvalue weighted by Gasteiger charge is -2.29. The second-order valence-electron chi connectivity index (χ2n) is 7.50. The molecule has 3 aromatic rings. The van der Waals surface area contributed by atoms with E-state index >= 15 is 0 Å². The molecule has 6 nitrogen and oxygen atoms in total. The van der Waals surface area contributed by atoms with Crippen LogP contribution in [0.3, 0.4) is 0 Å². The second kappa shape index (κ2) is 9.13. The van der Waals surface area contributed by atoms with E-state index in [0.29, 0.717) is 23.9 Å². The molecule has 1 amide bonds. The van der Waals surface area contributed by atoms with Crippen molar-refractivity contribution >= 4 is 5.91 Å². The third kappa shape index (κ3) is 4.24. The zero-order chi connectivity index (χ0) is 20.9. The topological polar surface area (TPSA) is 67.6 Å². The third-order valence-electron chi connectivity index (χ3n) is 5.57. The predicted octanol–water partition coefficient (Wildman–Crippen LogP) is 4.23. The molecular weight excluding hydrogens is 378 g/mol. The number of amides is 1. The van der Waals surface area contributed by atoms with Gasteiger partial charge in [0.2, 0.25) is 5.89 Å². The quantitative estimate of drug-likeness (QED) is 0.637. The monoisotopic (exact) mass is 405 g/mol. The number of hydrogen-bond donors (Lipinski definition) is 1. The molecule has 4 rings (SSSR count). The van der Waals surface area contributed by atoms with Gasteiger partial charge >= 0.3 is 0 Å². The molecule has 6 heteroatoms. The van der Waals surface area contributed by atoms with Gasteiger partial charge in [-0.05, 0) is 51.1 Å². The molecule has 0 bridgehead atoms. The summed E-state index contributed by atoms with van der Waals surface area (Å²) < 4.78 is 11.3. The Morgan fingerprint density at radius 3 is 2.57 bits per heavy atom. The molecule has 1 aliphatic heterocycles. The molecule has 1 fully saturated rings. The lowest BCUT2D eigenvalue weighted by atomic mass is 10.0. The maximum absolute atomic E-state index is 12.9. The first kappa shape index (κ1) is 20.2. The largest absolute Gasteiger partial charge is 0.496 e. The van der Waals surface area contributed by atoms with Crippen molar-refractivity contribution in [1.29, 1.82) is 0 Å². The molecule has 0 spiro atoms. The maximum atomic E-state index is 12.9. The van der Waals surface area contributed by atoms with E-state index < -0.39 is 0 Å². The number of aryl methyl sites for hydroxylation is 1. The summed E-state index contributed by atoms with van der Waals surface area (Å²) in [4.78, 5) is 19.8. The second-order valence-corrected chi connectivity index (χ2v) is 7.50. The minimum atomic E-state index is -0.225. The fraction of sp³-hybridized carbons (Fsp3) is 0.333. The molecule has 30 heavy (non-hydrogen) atoms. The van der Waals surface area contributed by atoms with Gasteiger partial charge in [-0.3, -0.25) is 9.69 Å². The number of nitrogens with zero attached hydrogens (tertiary/aromatic N) is 2. The number of oxazole rings is 1. The van der Waals surface area contributed by atoms with Crippen LogP contribution in [0.4, 0.5) is 0 Å². The zero-order valence-electron chi connectivity index (χ0n) is 17.4. The average molecular weight is 405 g/mol. The van der Waals surface area contributed by atoms with E-state index in [1.165, 1.54) is 12.8 Å². The Morgan fingerprint density at radius 1 is 1.13 bits per heavy atom. The normalized spacial score (nSPS) is 15.1. The number of carbonyl (C=O) groups is 1. The van der Waals surface area contributed by atoms with Crippen molar-refractivity contribution < 1.29 is 13.9 Å². The first-order chi connectivity index (χ1) is 14.7. The van der Waals surface area contributed by atoms with Gasteiger partial charge in [0.05, 0.1) is 13.2 Å². The fourth-order valence-electron chi connectivity index (χ4n) is 4.02. The van der Waals surface area contributed by atoms with Crippen molar-refractivity contribution in [2.24, 2.45) is 0 Å². The maximum Gasteiger partial charge on any atom is 0.273 e. The summed E-state index contributed by atoms with van der Waals surface area (Å²) in [5.74, 6) is 1.59. The number of nitrogens with one attached hydrogen (secondary N) is 1. The molecule has 2 heterocycles. The van der Waals surface area contributed by atoms with Crippen LogP contribution in [0.1, 0.15) is 40.7 Å². The van der Waals surface area contributed by atoms with Crippen molar-refractivity contribution in [3.05, 3.63) is 71.6 Å². The number of methoxy groups -OCH3 is 1. The van der Waals surface area contributed by atoms with Crippen molar-refractivity contribution in [2.75, 3.05) is 26.7 Å². The van der Waals surface area contributed by atoms with Gasteiger partial charge in [-0.15, -0.1) is 0 Å². The number of hydrogen-bond acceptors (Lipinski definition) is 5. The fourth-order valence-corrected chi connectivity index (χ4v) is 4.02. The number of rotatable bonds is 7. The van der Waals surface area contributed by atoms with Gasteiger partial charge in [-0.25, -0.2) is 4.98 Å². The minimum Gasteiger partial charge on any atom is -0.496 e. The molecule has 1 saturated heterocycles. The molecule has 0 saturated carbocycles. The highest BCUT2D eigenvalue weighted by Gasteiger charge is 2.27. The number of carbonyl (C=O) groups excluding carboxylic acids is 1. The van der Waals surface area contributed by atoms with Crippen LogP contribution >= 0.6 is 0 Å². The van der Waals surface area contributed by atoms with Gasteiger partial charge in [-0.1, -0.05) is 36.4 Å². The number of ether oxygens (including phenoxy) is 1. The molecular formula is C24H27N3O3. The van der Waals surface area contributed by atoms with Gasteiger partial charge in [0, 0.05) is 17.7 Å². The van der Waals surface area contributed by atoms with Crippen LogP contribution in [0.15, 0.2) is 59.0 Å². The molecule has 0 radical (unpaired) electrons. The van der Waals surface area contributed by atoms with E-state index in [0.717, 1.165) is 30.0 Å². The molecule has 156 valence electrons. The first-order valence-electron chi connectivity index (χ1n) is 10.4. The number of para-hydroxylation sites is 1. The van der Waals surface area contributed by atoms with Crippen molar-refractivity contribution in [2.45, 2.75) is 25.8 Å². The molecule has 1 N–H and O–H groups in total. The van der Waals surface area contributed by atoms with Gasteiger partial charge in [0.25, 0.3) is 5.91 Å². The van der Waals surface area contributed by atoms with Crippen molar-refractivity contribution in [3.8, 4) is 17.2 Å². The molecule has 0 aliphatic carbocycles. The summed E-state index contributed by atoms with van der Waals surface area (Å²) in [5, 5.41) is 3.07. The summed E-state index contributed by atoms with van der Waals surface area (Å²) in [7, 11) is 1.68. The molecule has 1 aliphatic rings. The average Bonchev–Trinajstić information content (AvgIpc) is 3.45. The Hall–Kier alpha value is -3.12. The first-order valence-corrected chi connectivity index (χ1v) is 10.4. The van der Waals surface area contributed by atoms with Gasteiger partial charge in [0.15, 0.2) is 5.69 Å². The number of benzene rings is 2. The van der Waals surface area contributed by atoms with Gasteiger partial charge in [-0.2, -0.15) is 0 Å². The predicted molar refractivity (Wildman–Crippen MR) is 116 cm³/mol. The van der Waals surface area contributed by atoms with Crippen LogP contribution in [0.5, 0.6) is 5.75 Å². The number of likely N-dealkylation sites (tertiary alicyclic amines) is 1. The summed E-state index contributed by atoms with van der Waals surface area (Å²) in [5.41, 5.74) is 2.27. The third-order valence-corrected chi connectivity index (χ3v) is 5.57. The Bertz CT molecular complexity index is 994. The van der Waals surface area contributed by atoms with Crippen LogP contribution in [-0.2, 0) is 0 Å². The van der Waals surface area contributed by atoms with Crippen molar-refractivity contribution in [3.63, 3.8) is 0 Å². The van der Waals surface area contributed by atoms with E-state index in [2.05, 4.69) is 21.3 Å². The van der Waals surface area contributed by atoms with Gasteiger partial charge < -0.3 is 14.5 Å². The summed E-state index contributed by atoms with van der Waals surface area (Å²) in [6.07, 6.45) is 2.34. The molecule has 2 aromatic carbocycles. The number of aromatic nitrogens is 1.